The maximum atomic E-state index is 11.7. The molecule has 108 valence electrons. The van der Waals surface area contributed by atoms with Crippen LogP contribution in [0.15, 0.2) is 0 Å². The lowest BCUT2D eigenvalue weighted by Crippen LogP contribution is -2.40. The van der Waals surface area contributed by atoms with Crippen LogP contribution in [0.1, 0.15) is 33.6 Å². The van der Waals surface area contributed by atoms with Crippen LogP contribution in [-0.4, -0.2) is 54.3 Å². The van der Waals surface area contributed by atoms with Crippen molar-refractivity contribution < 1.29 is 9.59 Å². The lowest BCUT2D eigenvalue weighted by molar-refractivity contribution is -0.137. The highest BCUT2D eigenvalue weighted by Crippen LogP contribution is 2.03. The summed E-state index contributed by atoms with van der Waals surface area (Å²) in [5.74, 6) is 0.0145. The molecule has 0 spiro atoms. The van der Waals surface area contributed by atoms with Crippen LogP contribution < -0.4 is 5.73 Å². The summed E-state index contributed by atoms with van der Waals surface area (Å²) >= 11 is 0. The topological polar surface area (TPSA) is 66.6 Å². The number of halogens is 1. The van der Waals surface area contributed by atoms with E-state index in [1.807, 2.05) is 20.8 Å². The van der Waals surface area contributed by atoms with E-state index in [1.54, 1.807) is 16.8 Å². The summed E-state index contributed by atoms with van der Waals surface area (Å²) in [4.78, 5) is 26.8. The van der Waals surface area contributed by atoms with Crippen LogP contribution in [0.5, 0.6) is 0 Å². The number of carbonyl (C=O) groups is 2. The predicted molar refractivity (Wildman–Crippen MR) is 75.7 cm³/mol. The van der Waals surface area contributed by atoms with Gasteiger partial charge in [-0.25, -0.2) is 0 Å². The van der Waals surface area contributed by atoms with Crippen molar-refractivity contribution in [1.82, 2.24) is 9.80 Å². The molecule has 0 fully saturated rings. The van der Waals surface area contributed by atoms with Gasteiger partial charge in [0.2, 0.25) is 11.8 Å². The van der Waals surface area contributed by atoms with Crippen molar-refractivity contribution >= 4 is 24.2 Å². The first-order valence-electron chi connectivity index (χ1n) is 6.21. The largest absolute Gasteiger partial charge is 0.343 e. The lowest BCUT2D eigenvalue weighted by atomic mass is 10.2. The number of amides is 2. The first-order valence-corrected chi connectivity index (χ1v) is 6.21. The van der Waals surface area contributed by atoms with E-state index in [1.165, 1.54) is 0 Å². The van der Waals surface area contributed by atoms with E-state index in [2.05, 4.69) is 0 Å². The monoisotopic (exact) mass is 279 g/mol. The number of hydrogen-bond acceptors (Lipinski definition) is 3. The Morgan fingerprint density at radius 1 is 1.11 bits per heavy atom. The molecule has 0 aliphatic heterocycles. The highest BCUT2D eigenvalue weighted by molar-refractivity contribution is 5.85. The molecule has 0 aromatic rings. The highest BCUT2D eigenvalue weighted by atomic mass is 35.5. The number of likely N-dealkylation sites (N-methyl/N-ethyl adjacent to an activating group) is 1. The van der Waals surface area contributed by atoms with Crippen LogP contribution in [0.25, 0.3) is 0 Å². The molecule has 0 heterocycles. The summed E-state index contributed by atoms with van der Waals surface area (Å²) in [6.45, 7) is 7.59. The van der Waals surface area contributed by atoms with Crippen molar-refractivity contribution in [2.75, 3.05) is 26.7 Å². The summed E-state index contributed by atoms with van der Waals surface area (Å²) in [5.41, 5.74) is 5.49. The van der Waals surface area contributed by atoms with Crippen molar-refractivity contribution in [2.45, 2.75) is 39.7 Å². The van der Waals surface area contributed by atoms with Gasteiger partial charge in [0.25, 0.3) is 0 Å². The van der Waals surface area contributed by atoms with Crippen LogP contribution >= 0.6 is 12.4 Å². The van der Waals surface area contributed by atoms with Gasteiger partial charge in [-0.15, -0.1) is 12.4 Å². The van der Waals surface area contributed by atoms with Crippen LogP contribution in [0.3, 0.4) is 0 Å². The molecular weight excluding hydrogens is 254 g/mol. The third-order valence-electron chi connectivity index (χ3n) is 3.06. The molecule has 1 unspecified atom stereocenters. The second-order valence-electron chi connectivity index (χ2n) is 4.16. The molecule has 0 bridgehead atoms. The van der Waals surface area contributed by atoms with Crippen molar-refractivity contribution in [3.63, 3.8) is 0 Å². The van der Waals surface area contributed by atoms with Crippen molar-refractivity contribution in [3.8, 4) is 0 Å². The Labute approximate surface area is 116 Å². The third-order valence-corrected chi connectivity index (χ3v) is 3.06. The zero-order valence-corrected chi connectivity index (χ0v) is 12.6. The second-order valence-corrected chi connectivity index (χ2v) is 4.16. The number of carbonyl (C=O) groups excluding carboxylic acids is 2. The fourth-order valence-electron chi connectivity index (χ4n) is 1.53. The van der Waals surface area contributed by atoms with E-state index in [0.717, 1.165) is 0 Å². The Kier molecular flexibility index (Phi) is 11.0. The average molecular weight is 280 g/mol. The van der Waals surface area contributed by atoms with Gasteiger partial charge in [-0.1, -0.05) is 0 Å². The van der Waals surface area contributed by atoms with E-state index in [9.17, 15) is 9.59 Å². The summed E-state index contributed by atoms with van der Waals surface area (Å²) < 4.78 is 0. The van der Waals surface area contributed by atoms with Crippen LogP contribution in [0.4, 0.5) is 0 Å². The summed E-state index contributed by atoms with van der Waals surface area (Å²) in [5, 5.41) is 0. The molecule has 0 saturated heterocycles. The number of nitrogens with zero attached hydrogens (tertiary/aromatic N) is 2. The maximum Gasteiger partial charge on any atom is 0.223 e. The highest BCUT2D eigenvalue weighted by Gasteiger charge is 2.17. The SMILES string of the molecule is CCN(CC)C(=O)CCC(=O)N(C)C(C)CN.Cl. The van der Waals surface area contributed by atoms with Gasteiger partial charge in [-0.3, -0.25) is 9.59 Å². The third kappa shape index (κ3) is 6.21. The first-order chi connectivity index (χ1) is 7.97. The molecule has 0 aliphatic carbocycles. The molecule has 18 heavy (non-hydrogen) atoms. The molecule has 0 aromatic carbocycles. The molecule has 1 atom stereocenters. The Hall–Kier alpha value is -0.810. The van der Waals surface area contributed by atoms with Crippen LogP contribution in [0.2, 0.25) is 0 Å². The quantitative estimate of drug-likeness (QED) is 0.752. The number of rotatable bonds is 7. The van der Waals surface area contributed by atoms with Crippen LogP contribution in [-0.2, 0) is 9.59 Å². The van der Waals surface area contributed by atoms with Gasteiger partial charge >= 0.3 is 0 Å². The second kappa shape index (κ2) is 10.1. The van der Waals surface area contributed by atoms with Gasteiger partial charge < -0.3 is 15.5 Å². The summed E-state index contributed by atoms with van der Waals surface area (Å²) in [6.07, 6.45) is 0.540. The van der Waals surface area contributed by atoms with Crippen molar-refractivity contribution in [3.05, 3.63) is 0 Å². The molecule has 0 saturated carbocycles. The van der Waals surface area contributed by atoms with Gasteiger partial charge in [0, 0.05) is 45.6 Å². The Balaban J connectivity index is 0. The lowest BCUT2D eigenvalue weighted by Gasteiger charge is -2.24. The molecule has 2 N–H and O–H groups in total. The molecule has 5 nitrogen and oxygen atoms in total. The van der Waals surface area contributed by atoms with E-state index in [-0.39, 0.29) is 43.1 Å². The standard InChI is InChI=1S/C12H25N3O2.ClH/c1-5-15(6-2)12(17)8-7-11(16)14(4)10(3)9-13;/h10H,5-9,13H2,1-4H3;1H. The smallest absolute Gasteiger partial charge is 0.223 e. The molecule has 0 rings (SSSR count). The summed E-state index contributed by atoms with van der Waals surface area (Å²) in [7, 11) is 1.72. The molecule has 6 heteroatoms. The normalized spacial score (nSPS) is 11.4. The van der Waals surface area contributed by atoms with Gasteiger partial charge in [0.05, 0.1) is 0 Å². The van der Waals surface area contributed by atoms with Gasteiger partial charge in [-0.2, -0.15) is 0 Å². The molecule has 0 radical (unpaired) electrons. The van der Waals surface area contributed by atoms with Crippen molar-refractivity contribution in [1.29, 1.82) is 0 Å². The maximum absolute atomic E-state index is 11.7. The minimum atomic E-state index is -0.0246. The first kappa shape index (κ1) is 19.5. The Morgan fingerprint density at radius 2 is 1.56 bits per heavy atom. The van der Waals surface area contributed by atoms with Crippen molar-refractivity contribution in [2.24, 2.45) is 5.73 Å². The van der Waals surface area contributed by atoms with Gasteiger partial charge in [0.1, 0.15) is 0 Å². The van der Waals surface area contributed by atoms with Gasteiger partial charge in [0.15, 0.2) is 0 Å². The van der Waals surface area contributed by atoms with Crippen LogP contribution in [0, 0.1) is 0 Å². The number of nitrogens with two attached hydrogens (primary N) is 1. The minimum Gasteiger partial charge on any atom is -0.343 e. The number of hydrogen-bond donors (Lipinski definition) is 1. The van der Waals surface area contributed by atoms with E-state index >= 15 is 0 Å². The van der Waals surface area contributed by atoms with Gasteiger partial charge in [-0.05, 0) is 20.8 Å². The Morgan fingerprint density at radius 3 is 1.94 bits per heavy atom. The summed E-state index contributed by atoms with van der Waals surface area (Å²) in [6, 6.07) is 0.0195. The minimum absolute atomic E-state index is 0. The fraction of sp³-hybridized carbons (Fsp3) is 0.833. The van der Waals surface area contributed by atoms with E-state index < -0.39 is 0 Å². The van der Waals surface area contributed by atoms with E-state index in [0.29, 0.717) is 19.6 Å². The predicted octanol–water partition coefficient (Wildman–Crippen LogP) is 0.862. The fourth-order valence-corrected chi connectivity index (χ4v) is 1.53. The van der Waals surface area contributed by atoms with E-state index in [4.69, 9.17) is 5.73 Å². The molecule has 0 aliphatic rings. The molecular formula is C12H26ClN3O2. The Bertz CT molecular complexity index is 258. The average Bonchev–Trinajstić information content (AvgIpc) is 2.35. The molecule has 2 amide bonds. The zero-order chi connectivity index (χ0) is 13.4. The molecule has 0 aromatic heterocycles. The zero-order valence-electron chi connectivity index (χ0n) is 11.8.